The zero-order valence-corrected chi connectivity index (χ0v) is 7.95. The molecule has 11 heavy (non-hydrogen) atoms. The molecule has 0 saturated carbocycles. The lowest BCUT2D eigenvalue weighted by Crippen LogP contribution is -2.14. The van der Waals surface area contributed by atoms with Crippen molar-refractivity contribution in [2.75, 3.05) is 0 Å². The van der Waals surface area contributed by atoms with Gasteiger partial charge in [0.15, 0.2) is 0 Å². The minimum absolute atomic E-state index is 0.331. The monoisotopic (exact) mass is 169 g/mol. The molecule has 2 N–H and O–H groups in total. The molecule has 1 nitrogen and oxygen atoms in total. The standard InChI is InChI=1S/C9H15NS/c1-7(10)3-5-9-6-4-8(2)11-9/h4,6-7H,3,5,10H2,1-2H3/t7-/m0/s1. The minimum atomic E-state index is 0.331. The summed E-state index contributed by atoms with van der Waals surface area (Å²) in [4.78, 5) is 2.85. The van der Waals surface area contributed by atoms with Crippen molar-refractivity contribution in [1.29, 1.82) is 0 Å². The predicted octanol–water partition coefficient (Wildman–Crippen LogP) is 2.34. The van der Waals surface area contributed by atoms with Crippen molar-refractivity contribution in [2.45, 2.75) is 32.7 Å². The third-order valence-electron chi connectivity index (χ3n) is 1.64. The SMILES string of the molecule is Cc1ccc(CC[C@H](C)N)s1. The average Bonchev–Trinajstić information content (AvgIpc) is 2.31. The normalized spacial score (nSPS) is 13.4. The van der Waals surface area contributed by atoms with Gasteiger partial charge in [0, 0.05) is 15.8 Å². The van der Waals surface area contributed by atoms with E-state index in [-0.39, 0.29) is 0 Å². The van der Waals surface area contributed by atoms with Crippen molar-refractivity contribution in [3.05, 3.63) is 21.9 Å². The molecule has 2 heteroatoms. The lowest BCUT2D eigenvalue weighted by Gasteiger charge is -2.01. The highest BCUT2D eigenvalue weighted by Crippen LogP contribution is 2.16. The second-order valence-electron chi connectivity index (χ2n) is 3.03. The molecule has 0 aliphatic carbocycles. The molecule has 1 heterocycles. The maximum absolute atomic E-state index is 5.65. The molecule has 0 aliphatic rings. The highest BCUT2D eigenvalue weighted by atomic mass is 32.1. The van der Waals surface area contributed by atoms with Gasteiger partial charge in [-0.1, -0.05) is 0 Å². The number of hydrogen-bond acceptors (Lipinski definition) is 2. The summed E-state index contributed by atoms with van der Waals surface area (Å²) in [5.41, 5.74) is 5.65. The van der Waals surface area contributed by atoms with Gasteiger partial charge in [0.2, 0.25) is 0 Å². The van der Waals surface area contributed by atoms with Crippen LogP contribution in [0.15, 0.2) is 12.1 Å². The van der Waals surface area contributed by atoms with Crippen LogP contribution < -0.4 is 5.73 Å². The van der Waals surface area contributed by atoms with E-state index in [9.17, 15) is 0 Å². The predicted molar refractivity (Wildman–Crippen MR) is 51.0 cm³/mol. The molecule has 1 aromatic heterocycles. The van der Waals surface area contributed by atoms with Crippen molar-refractivity contribution in [2.24, 2.45) is 5.73 Å². The Morgan fingerprint density at radius 1 is 1.55 bits per heavy atom. The van der Waals surface area contributed by atoms with Crippen LogP contribution in [0.3, 0.4) is 0 Å². The van der Waals surface area contributed by atoms with E-state index >= 15 is 0 Å². The minimum Gasteiger partial charge on any atom is -0.328 e. The van der Waals surface area contributed by atoms with Gasteiger partial charge in [-0.05, 0) is 38.8 Å². The summed E-state index contributed by atoms with van der Waals surface area (Å²) in [7, 11) is 0. The fourth-order valence-electron chi connectivity index (χ4n) is 0.989. The number of aryl methyl sites for hydroxylation is 2. The molecule has 1 atom stereocenters. The van der Waals surface area contributed by atoms with E-state index in [0.717, 1.165) is 12.8 Å². The van der Waals surface area contributed by atoms with E-state index in [0.29, 0.717) is 6.04 Å². The van der Waals surface area contributed by atoms with Crippen LogP contribution in [0.5, 0.6) is 0 Å². The Balaban J connectivity index is 2.39. The van der Waals surface area contributed by atoms with Gasteiger partial charge in [0.1, 0.15) is 0 Å². The Bertz CT molecular complexity index is 215. The first-order valence-electron chi connectivity index (χ1n) is 3.99. The van der Waals surface area contributed by atoms with Gasteiger partial charge >= 0.3 is 0 Å². The summed E-state index contributed by atoms with van der Waals surface area (Å²) in [6.07, 6.45) is 2.23. The highest BCUT2D eigenvalue weighted by molar-refractivity contribution is 7.11. The van der Waals surface area contributed by atoms with Gasteiger partial charge in [0.25, 0.3) is 0 Å². The first-order valence-corrected chi connectivity index (χ1v) is 4.81. The summed E-state index contributed by atoms with van der Waals surface area (Å²) >= 11 is 1.87. The van der Waals surface area contributed by atoms with Crippen LogP contribution in [0.2, 0.25) is 0 Å². The van der Waals surface area contributed by atoms with Crippen LogP contribution >= 0.6 is 11.3 Å². The molecule has 0 unspecified atom stereocenters. The number of hydrogen-bond donors (Lipinski definition) is 1. The van der Waals surface area contributed by atoms with Gasteiger partial charge in [-0.25, -0.2) is 0 Å². The fourth-order valence-corrected chi connectivity index (χ4v) is 1.90. The lowest BCUT2D eigenvalue weighted by atomic mass is 10.2. The van der Waals surface area contributed by atoms with E-state index in [4.69, 9.17) is 5.73 Å². The lowest BCUT2D eigenvalue weighted by molar-refractivity contribution is 0.670. The van der Waals surface area contributed by atoms with E-state index < -0.39 is 0 Å². The van der Waals surface area contributed by atoms with E-state index in [1.165, 1.54) is 9.75 Å². The van der Waals surface area contributed by atoms with Crippen molar-refractivity contribution < 1.29 is 0 Å². The van der Waals surface area contributed by atoms with Gasteiger partial charge in [-0.15, -0.1) is 11.3 Å². The molecule has 0 saturated heterocycles. The van der Waals surface area contributed by atoms with Crippen LogP contribution in [-0.2, 0) is 6.42 Å². The summed E-state index contributed by atoms with van der Waals surface area (Å²) < 4.78 is 0. The van der Waals surface area contributed by atoms with Crippen LogP contribution in [0, 0.1) is 6.92 Å². The Kier molecular flexibility index (Phi) is 3.09. The van der Waals surface area contributed by atoms with Gasteiger partial charge in [0.05, 0.1) is 0 Å². The quantitative estimate of drug-likeness (QED) is 0.738. The van der Waals surface area contributed by atoms with Crippen molar-refractivity contribution in [3.8, 4) is 0 Å². The number of nitrogens with two attached hydrogens (primary N) is 1. The molecule has 0 bridgehead atoms. The number of rotatable bonds is 3. The van der Waals surface area contributed by atoms with E-state index in [1.54, 1.807) is 0 Å². The molecule has 0 fully saturated rings. The maximum Gasteiger partial charge on any atom is 0.00486 e. The molecule has 0 radical (unpaired) electrons. The van der Waals surface area contributed by atoms with Crippen molar-refractivity contribution in [1.82, 2.24) is 0 Å². The first kappa shape index (κ1) is 8.75. The molecule has 1 rings (SSSR count). The molecule has 0 aromatic carbocycles. The second kappa shape index (κ2) is 3.88. The van der Waals surface area contributed by atoms with Crippen LogP contribution in [0.4, 0.5) is 0 Å². The van der Waals surface area contributed by atoms with Gasteiger partial charge < -0.3 is 5.73 Å². The number of thiophene rings is 1. The van der Waals surface area contributed by atoms with Crippen molar-refractivity contribution >= 4 is 11.3 Å². The van der Waals surface area contributed by atoms with E-state index in [2.05, 4.69) is 26.0 Å². The zero-order valence-electron chi connectivity index (χ0n) is 7.13. The molecule has 62 valence electrons. The van der Waals surface area contributed by atoms with Crippen LogP contribution in [-0.4, -0.2) is 6.04 Å². The Labute approximate surface area is 72.2 Å². The third kappa shape index (κ3) is 3.04. The fraction of sp³-hybridized carbons (Fsp3) is 0.556. The second-order valence-corrected chi connectivity index (χ2v) is 4.40. The highest BCUT2D eigenvalue weighted by Gasteiger charge is 1.98. The Hall–Kier alpha value is -0.340. The van der Waals surface area contributed by atoms with Crippen LogP contribution in [0.25, 0.3) is 0 Å². The molecular formula is C9H15NS. The van der Waals surface area contributed by atoms with E-state index in [1.807, 2.05) is 11.3 Å². The van der Waals surface area contributed by atoms with Crippen molar-refractivity contribution in [3.63, 3.8) is 0 Å². The molecule has 0 spiro atoms. The van der Waals surface area contributed by atoms with Gasteiger partial charge in [-0.2, -0.15) is 0 Å². The molecule has 0 amide bonds. The third-order valence-corrected chi connectivity index (χ3v) is 2.70. The topological polar surface area (TPSA) is 26.0 Å². The maximum atomic E-state index is 5.65. The smallest absolute Gasteiger partial charge is 0.00486 e. The molecule has 1 aromatic rings. The van der Waals surface area contributed by atoms with Crippen LogP contribution in [0.1, 0.15) is 23.1 Å². The summed E-state index contributed by atoms with van der Waals surface area (Å²) in [5, 5.41) is 0. The van der Waals surface area contributed by atoms with Gasteiger partial charge in [-0.3, -0.25) is 0 Å². The Morgan fingerprint density at radius 2 is 2.27 bits per heavy atom. The summed E-state index contributed by atoms with van der Waals surface area (Å²) in [6, 6.07) is 4.70. The first-order chi connectivity index (χ1) is 5.18. The summed E-state index contributed by atoms with van der Waals surface area (Å²) in [5.74, 6) is 0. The zero-order chi connectivity index (χ0) is 8.27. The largest absolute Gasteiger partial charge is 0.328 e. The Morgan fingerprint density at radius 3 is 2.73 bits per heavy atom. The molecular weight excluding hydrogens is 154 g/mol. The average molecular weight is 169 g/mol. The molecule has 0 aliphatic heterocycles. The summed E-state index contributed by atoms with van der Waals surface area (Å²) in [6.45, 7) is 4.19.